The van der Waals surface area contributed by atoms with Gasteiger partial charge in [-0.1, -0.05) is 6.92 Å². The Labute approximate surface area is 149 Å². The average Bonchev–Trinajstić information content (AvgIpc) is 3.07. The zero-order chi connectivity index (χ0) is 14.7. The van der Waals surface area contributed by atoms with E-state index in [0.717, 1.165) is 56.1 Å². The zero-order valence-electron chi connectivity index (χ0n) is 13.6. The minimum absolute atomic E-state index is 0. The third kappa shape index (κ3) is 3.91. The van der Waals surface area contributed by atoms with Gasteiger partial charge >= 0.3 is 0 Å². The van der Waals surface area contributed by atoms with Crippen LogP contribution in [0.25, 0.3) is 0 Å². The van der Waals surface area contributed by atoms with E-state index in [1.165, 1.54) is 19.3 Å². The lowest BCUT2D eigenvalue weighted by atomic mass is 10.0. The Morgan fingerprint density at radius 3 is 2.95 bits per heavy atom. The van der Waals surface area contributed by atoms with Crippen molar-refractivity contribution in [3.05, 3.63) is 11.6 Å². The first-order valence-corrected chi connectivity index (χ1v) is 8.22. The summed E-state index contributed by atoms with van der Waals surface area (Å²) in [5.74, 6) is 3.90. The molecule has 0 aromatic carbocycles. The summed E-state index contributed by atoms with van der Waals surface area (Å²) in [6.45, 7) is 9.23. The van der Waals surface area contributed by atoms with Gasteiger partial charge in [-0.05, 0) is 32.1 Å². The molecule has 124 valence electrons. The predicted molar refractivity (Wildman–Crippen MR) is 98.5 cm³/mol. The van der Waals surface area contributed by atoms with Gasteiger partial charge in [0, 0.05) is 32.6 Å². The van der Waals surface area contributed by atoms with Crippen molar-refractivity contribution in [1.29, 1.82) is 0 Å². The molecule has 3 rings (SSSR count). The molecule has 2 aliphatic rings. The Morgan fingerprint density at radius 2 is 2.18 bits per heavy atom. The largest absolute Gasteiger partial charge is 0.357 e. The van der Waals surface area contributed by atoms with Crippen LogP contribution in [0.3, 0.4) is 0 Å². The highest BCUT2D eigenvalue weighted by Gasteiger charge is 2.20. The van der Waals surface area contributed by atoms with Crippen LogP contribution in [0.15, 0.2) is 4.99 Å². The molecule has 0 saturated carbocycles. The van der Waals surface area contributed by atoms with Gasteiger partial charge in [0.1, 0.15) is 12.4 Å². The van der Waals surface area contributed by atoms with Crippen LogP contribution in [-0.4, -0.2) is 45.3 Å². The van der Waals surface area contributed by atoms with Crippen LogP contribution in [0, 0.1) is 5.92 Å². The lowest BCUT2D eigenvalue weighted by Crippen LogP contribution is -2.46. The van der Waals surface area contributed by atoms with Crippen LogP contribution in [0.1, 0.15) is 44.8 Å². The number of rotatable bonds is 3. The second-order valence-corrected chi connectivity index (χ2v) is 6.15. The fraction of sp³-hybridized carbons (Fsp3) is 0.800. The van der Waals surface area contributed by atoms with Crippen molar-refractivity contribution in [2.75, 3.05) is 19.6 Å². The third-order valence-electron chi connectivity index (χ3n) is 4.35. The number of aryl methyl sites for hydroxylation is 1. The Balaban J connectivity index is 0.00000176. The van der Waals surface area contributed by atoms with Crippen molar-refractivity contribution < 1.29 is 0 Å². The van der Waals surface area contributed by atoms with Crippen LogP contribution in [-0.2, 0) is 19.5 Å². The number of nitrogens with zero attached hydrogens (tertiary/aromatic N) is 5. The minimum atomic E-state index is 0. The predicted octanol–water partition coefficient (Wildman–Crippen LogP) is 2.04. The molecule has 0 aliphatic carbocycles. The highest BCUT2D eigenvalue weighted by atomic mass is 127. The SMILES string of the molecule is CCNC(=NCc1nnc2n1CCC2)N1CCCC(C)C1.I. The number of piperidine rings is 1. The number of hydrogen-bond donors (Lipinski definition) is 1. The van der Waals surface area contributed by atoms with E-state index >= 15 is 0 Å². The van der Waals surface area contributed by atoms with E-state index in [1.807, 2.05) is 0 Å². The summed E-state index contributed by atoms with van der Waals surface area (Å²) < 4.78 is 2.23. The first-order valence-electron chi connectivity index (χ1n) is 8.22. The minimum Gasteiger partial charge on any atom is -0.357 e. The Hall–Kier alpha value is -0.860. The van der Waals surface area contributed by atoms with Crippen LogP contribution >= 0.6 is 24.0 Å². The first-order chi connectivity index (χ1) is 10.3. The second-order valence-electron chi connectivity index (χ2n) is 6.15. The summed E-state index contributed by atoms with van der Waals surface area (Å²) in [5.41, 5.74) is 0. The van der Waals surface area contributed by atoms with Crippen LogP contribution in [0.4, 0.5) is 0 Å². The van der Waals surface area contributed by atoms with Gasteiger partial charge in [-0.25, -0.2) is 4.99 Å². The zero-order valence-corrected chi connectivity index (χ0v) is 15.9. The number of guanidine groups is 1. The molecule has 1 N–H and O–H groups in total. The summed E-state index contributed by atoms with van der Waals surface area (Å²) in [6.07, 6.45) is 4.82. The smallest absolute Gasteiger partial charge is 0.194 e. The van der Waals surface area contributed by atoms with Gasteiger partial charge in [0.2, 0.25) is 0 Å². The molecule has 1 saturated heterocycles. The monoisotopic (exact) mass is 418 g/mol. The number of nitrogens with one attached hydrogen (secondary N) is 1. The molecule has 1 aromatic rings. The highest BCUT2D eigenvalue weighted by Crippen LogP contribution is 2.17. The Morgan fingerprint density at radius 1 is 1.32 bits per heavy atom. The molecule has 7 heteroatoms. The molecule has 0 radical (unpaired) electrons. The van der Waals surface area contributed by atoms with Crippen LogP contribution in [0.5, 0.6) is 0 Å². The summed E-state index contributed by atoms with van der Waals surface area (Å²) >= 11 is 0. The van der Waals surface area contributed by atoms with E-state index in [-0.39, 0.29) is 24.0 Å². The molecule has 3 heterocycles. The highest BCUT2D eigenvalue weighted by molar-refractivity contribution is 14.0. The topological polar surface area (TPSA) is 58.3 Å². The molecule has 0 amide bonds. The molecule has 1 unspecified atom stereocenters. The fourth-order valence-electron chi connectivity index (χ4n) is 3.28. The van der Waals surface area contributed by atoms with Crippen molar-refractivity contribution in [3.63, 3.8) is 0 Å². The van der Waals surface area contributed by atoms with Gasteiger partial charge in [-0.3, -0.25) is 0 Å². The summed E-state index contributed by atoms with van der Waals surface area (Å²) in [4.78, 5) is 7.19. The van der Waals surface area contributed by atoms with E-state index in [2.05, 4.69) is 38.8 Å². The van der Waals surface area contributed by atoms with Gasteiger partial charge in [-0.2, -0.15) is 0 Å². The second kappa shape index (κ2) is 8.12. The molecule has 1 atom stereocenters. The quantitative estimate of drug-likeness (QED) is 0.464. The molecule has 0 bridgehead atoms. The number of halogens is 1. The average molecular weight is 418 g/mol. The lowest BCUT2D eigenvalue weighted by Gasteiger charge is -2.33. The molecular weight excluding hydrogens is 391 g/mol. The van der Waals surface area contributed by atoms with Crippen molar-refractivity contribution in [1.82, 2.24) is 25.0 Å². The van der Waals surface area contributed by atoms with Gasteiger partial charge in [0.05, 0.1) is 0 Å². The number of hydrogen-bond acceptors (Lipinski definition) is 3. The van der Waals surface area contributed by atoms with Crippen LogP contribution in [0.2, 0.25) is 0 Å². The number of likely N-dealkylation sites (tertiary alicyclic amines) is 1. The van der Waals surface area contributed by atoms with Gasteiger partial charge in [0.15, 0.2) is 11.8 Å². The lowest BCUT2D eigenvalue weighted by molar-refractivity contribution is 0.266. The van der Waals surface area contributed by atoms with Gasteiger partial charge < -0.3 is 14.8 Å². The van der Waals surface area contributed by atoms with Crippen molar-refractivity contribution in [2.45, 2.75) is 52.6 Å². The molecular formula is C15H27IN6. The molecule has 6 nitrogen and oxygen atoms in total. The maximum Gasteiger partial charge on any atom is 0.194 e. The number of fused-ring (bicyclic) bond motifs is 1. The maximum absolute atomic E-state index is 4.80. The van der Waals surface area contributed by atoms with Crippen molar-refractivity contribution in [2.24, 2.45) is 10.9 Å². The molecule has 2 aliphatic heterocycles. The van der Waals surface area contributed by atoms with Gasteiger partial charge in [-0.15, -0.1) is 34.2 Å². The molecule has 0 spiro atoms. The molecule has 1 aromatic heterocycles. The van der Waals surface area contributed by atoms with Crippen molar-refractivity contribution in [3.8, 4) is 0 Å². The fourth-order valence-corrected chi connectivity index (χ4v) is 3.28. The third-order valence-corrected chi connectivity index (χ3v) is 4.35. The van der Waals surface area contributed by atoms with E-state index < -0.39 is 0 Å². The van der Waals surface area contributed by atoms with Crippen LogP contribution < -0.4 is 5.32 Å². The molecule has 1 fully saturated rings. The summed E-state index contributed by atoms with van der Waals surface area (Å²) in [7, 11) is 0. The maximum atomic E-state index is 4.80. The number of aliphatic imine (C=N–C) groups is 1. The molecule has 22 heavy (non-hydrogen) atoms. The first kappa shape index (κ1) is 17.5. The van der Waals surface area contributed by atoms with E-state index in [4.69, 9.17) is 4.99 Å². The van der Waals surface area contributed by atoms with E-state index in [0.29, 0.717) is 6.54 Å². The summed E-state index contributed by atoms with van der Waals surface area (Å²) in [6, 6.07) is 0. The normalized spacial score (nSPS) is 21.5. The van der Waals surface area contributed by atoms with Crippen molar-refractivity contribution >= 4 is 29.9 Å². The Bertz CT molecular complexity index is 512. The summed E-state index contributed by atoms with van der Waals surface area (Å²) in [5, 5.41) is 12.0. The van der Waals surface area contributed by atoms with Gasteiger partial charge in [0.25, 0.3) is 0 Å². The number of aromatic nitrogens is 3. The van der Waals surface area contributed by atoms with E-state index in [9.17, 15) is 0 Å². The Kier molecular flexibility index (Phi) is 6.46. The standard InChI is InChI=1S/C15H26N6.HI/c1-3-16-15(20-8-4-6-12(2)11-20)17-10-14-19-18-13-7-5-9-21(13)14;/h12H,3-11H2,1-2H3,(H,16,17);1H. The van der Waals surface area contributed by atoms with E-state index in [1.54, 1.807) is 0 Å².